The minimum atomic E-state index is -0.152. The van der Waals surface area contributed by atoms with Crippen LogP contribution in [-0.4, -0.2) is 19.6 Å². The van der Waals surface area contributed by atoms with Crippen LogP contribution in [0.4, 0.5) is 0 Å². The topological polar surface area (TPSA) is 61.7 Å². The van der Waals surface area contributed by atoms with Gasteiger partial charge in [0.15, 0.2) is 0 Å². The van der Waals surface area contributed by atoms with Crippen molar-refractivity contribution < 1.29 is 0 Å². The highest BCUT2D eigenvalue weighted by Crippen LogP contribution is 2.18. The van der Waals surface area contributed by atoms with E-state index >= 15 is 0 Å². The van der Waals surface area contributed by atoms with Crippen LogP contribution >= 0.6 is 0 Å². The fraction of sp³-hybridized carbons (Fsp3) is 0.400. The van der Waals surface area contributed by atoms with Gasteiger partial charge in [-0.3, -0.25) is 9.36 Å². The Hall–Kier alpha value is -1.62. The molecule has 0 amide bonds. The fourth-order valence-corrected chi connectivity index (χ4v) is 1.64. The molecule has 0 fully saturated rings. The summed E-state index contributed by atoms with van der Waals surface area (Å²) in [5.41, 5.74) is 8.16. The standard InChI is InChI=1S/C10H15N5/c1-3-15-9(4-5-12-15)10(11)8-6-13-14(2)7-8/h4-7,10H,3,11H2,1-2H3. The van der Waals surface area contributed by atoms with E-state index in [1.807, 2.05) is 30.9 Å². The number of nitrogens with two attached hydrogens (primary N) is 1. The number of nitrogens with zero attached hydrogens (tertiary/aromatic N) is 4. The molecule has 0 aliphatic heterocycles. The molecule has 0 radical (unpaired) electrons. The summed E-state index contributed by atoms with van der Waals surface area (Å²) in [4.78, 5) is 0. The van der Waals surface area contributed by atoms with Crippen molar-refractivity contribution in [2.24, 2.45) is 12.8 Å². The quantitative estimate of drug-likeness (QED) is 0.801. The Morgan fingerprint density at radius 3 is 2.87 bits per heavy atom. The number of aryl methyl sites for hydroxylation is 2. The molecule has 1 atom stereocenters. The number of aromatic nitrogens is 4. The minimum absolute atomic E-state index is 0.152. The van der Waals surface area contributed by atoms with Crippen LogP contribution in [-0.2, 0) is 13.6 Å². The normalized spacial score (nSPS) is 13.0. The Kier molecular flexibility index (Phi) is 2.55. The first-order valence-electron chi connectivity index (χ1n) is 4.98. The molecule has 5 nitrogen and oxygen atoms in total. The van der Waals surface area contributed by atoms with E-state index in [9.17, 15) is 0 Å². The Morgan fingerprint density at radius 1 is 1.47 bits per heavy atom. The van der Waals surface area contributed by atoms with E-state index in [0.29, 0.717) is 0 Å². The third kappa shape index (κ3) is 1.78. The van der Waals surface area contributed by atoms with Crippen molar-refractivity contribution in [1.82, 2.24) is 19.6 Å². The van der Waals surface area contributed by atoms with E-state index < -0.39 is 0 Å². The SMILES string of the molecule is CCn1nccc1C(N)c1cnn(C)c1. The lowest BCUT2D eigenvalue weighted by molar-refractivity contribution is 0.600. The van der Waals surface area contributed by atoms with Crippen molar-refractivity contribution >= 4 is 0 Å². The van der Waals surface area contributed by atoms with E-state index in [4.69, 9.17) is 5.73 Å². The number of hydrogen-bond acceptors (Lipinski definition) is 3. The maximum atomic E-state index is 6.14. The Bertz CT molecular complexity index is 442. The molecule has 5 heteroatoms. The number of hydrogen-bond donors (Lipinski definition) is 1. The van der Waals surface area contributed by atoms with Gasteiger partial charge in [-0.1, -0.05) is 0 Å². The molecule has 2 N–H and O–H groups in total. The molecule has 2 aromatic heterocycles. The molecule has 0 bridgehead atoms. The average molecular weight is 205 g/mol. The Morgan fingerprint density at radius 2 is 2.27 bits per heavy atom. The van der Waals surface area contributed by atoms with Crippen molar-refractivity contribution in [3.8, 4) is 0 Å². The van der Waals surface area contributed by atoms with Gasteiger partial charge >= 0.3 is 0 Å². The molecule has 1 unspecified atom stereocenters. The molecule has 0 saturated heterocycles. The molecule has 15 heavy (non-hydrogen) atoms. The lowest BCUT2D eigenvalue weighted by Gasteiger charge is -2.11. The highest BCUT2D eigenvalue weighted by atomic mass is 15.3. The van der Waals surface area contributed by atoms with Crippen LogP contribution in [0, 0.1) is 0 Å². The second kappa shape index (κ2) is 3.86. The van der Waals surface area contributed by atoms with E-state index in [-0.39, 0.29) is 6.04 Å². The Balaban J connectivity index is 2.31. The van der Waals surface area contributed by atoms with Crippen LogP contribution in [0.25, 0.3) is 0 Å². The molecule has 2 aromatic rings. The van der Waals surface area contributed by atoms with Gasteiger partial charge in [0, 0.05) is 31.5 Å². The van der Waals surface area contributed by atoms with Crippen molar-refractivity contribution in [3.05, 3.63) is 35.9 Å². The third-order valence-corrected chi connectivity index (χ3v) is 2.45. The first kappa shape index (κ1) is 9.92. The average Bonchev–Trinajstić information content (AvgIpc) is 2.84. The van der Waals surface area contributed by atoms with Gasteiger partial charge in [0.05, 0.1) is 17.9 Å². The summed E-state index contributed by atoms with van der Waals surface area (Å²) >= 11 is 0. The molecule has 0 spiro atoms. The summed E-state index contributed by atoms with van der Waals surface area (Å²) < 4.78 is 3.65. The van der Waals surface area contributed by atoms with Crippen LogP contribution in [0.15, 0.2) is 24.7 Å². The molecular weight excluding hydrogens is 190 g/mol. The smallest absolute Gasteiger partial charge is 0.0754 e. The molecule has 2 rings (SSSR count). The van der Waals surface area contributed by atoms with Gasteiger partial charge in [0.2, 0.25) is 0 Å². The molecule has 0 aliphatic carbocycles. The lowest BCUT2D eigenvalue weighted by Crippen LogP contribution is -2.16. The molecule has 80 valence electrons. The van der Waals surface area contributed by atoms with Crippen molar-refractivity contribution in [2.75, 3.05) is 0 Å². The molecule has 2 heterocycles. The monoisotopic (exact) mass is 205 g/mol. The van der Waals surface area contributed by atoms with Crippen LogP contribution in [0.5, 0.6) is 0 Å². The molecule has 0 aromatic carbocycles. The number of rotatable bonds is 3. The van der Waals surface area contributed by atoms with Crippen LogP contribution in [0.1, 0.15) is 24.2 Å². The van der Waals surface area contributed by atoms with Crippen LogP contribution in [0.2, 0.25) is 0 Å². The fourth-order valence-electron chi connectivity index (χ4n) is 1.64. The predicted octanol–water partition coefficient (Wildman–Crippen LogP) is 0.685. The van der Waals surface area contributed by atoms with Gasteiger partial charge in [-0.25, -0.2) is 0 Å². The highest BCUT2D eigenvalue weighted by molar-refractivity contribution is 5.22. The van der Waals surface area contributed by atoms with Gasteiger partial charge in [-0.2, -0.15) is 10.2 Å². The van der Waals surface area contributed by atoms with E-state index in [1.54, 1.807) is 17.1 Å². The highest BCUT2D eigenvalue weighted by Gasteiger charge is 2.14. The van der Waals surface area contributed by atoms with E-state index in [1.165, 1.54) is 0 Å². The maximum Gasteiger partial charge on any atom is 0.0754 e. The van der Waals surface area contributed by atoms with E-state index in [0.717, 1.165) is 17.8 Å². The van der Waals surface area contributed by atoms with Gasteiger partial charge < -0.3 is 5.73 Å². The third-order valence-electron chi connectivity index (χ3n) is 2.45. The summed E-state index contributed by atoms with van der Waals surface area (Å²) in [6, 6.07) is 1.79. The second-order valence-corrected chi connectivity index (χ2v) is 3.50. The molecular formula is C10H15N5. The van der Waals surface area contributed by atoms with Gasteiger partial charge in [0.25, 0.3) is 0 Å². The van der Waals surface area contributed by atoms with Gasteiger partial charge in [-0.15, -0.1) is 0 Å². The van der Waals surface area contributed by atoms with Crippen LogP contribution < -0.4 is 5.73 Å². The van der Waals surface area contributed by atoms with Gasteiger partial charge in [0.1, 0.15) is 0 Å². The molecule has 0 aliphatic rings. The maximum absolute atomic E-state index is 6.14. The zero-order chi connectivity index (χ0) is 10.8. The summed E-state index contributed by atoms with van der Waals surface area (Å²) in [6.45, 7) is 2.88. The minimum Gasteiger partial charge on any atom is -0.319 e. The van der Waals surface area contributed by atoms with Crippen molar-refractivity contribution in [3.63, 3.8) is 0 Å². The zero-order valence-electron chi connectivity index (χ0n) is 8.96. The second-order valence-electron chi connectivity index (χ2n) is 3.50. The van der Waals surface area contributed by atoms with Crippen LogP contribution in [0.3, 0.4) is 0 Å². The first-order valence-corrected chi connectivity index (χ1v) is 4.98. The molecule has 0 saturated carbocycles. The Labute approximate surface area is 88.5 Å². The summed E-state index contributed by atoms with van der Waals surface area (Å²) in [7, 11) is 1.88. The lowest BCUT2D eigenvalue weighted by atomic mass is 10.1. The van der Waals surface area contributed by atoms with E-state index in [2.05, 4.69) is 10.2 Å². The van der Waals surface area contributed by atoms with Gasteiger partial charge in [-0.05, 0) is 13.0 Å². The largest absolute Gasteiger partial charge is 0.319 e. The zero-order valence-corrected chi connectivity index (χ0v) is 8.96. The predicted molar refractivity (Wildman–Crippen MR) is 57.1 cm³/mol. The van der Waals surface area contributed by atoms with Crippen molar-refractivity contribution in [2.45, 2.75) is 19.5 Å². The summed E-state index contributed by atoms with van der Waals surface area (Å²) in [6.07, 6.45) is 5.49. The first-order chi connectivity index (χ1) is 7.22. The summed E-state index contributed by atoms with van der Waals surface area (Å²) in [5, 5.41) is 8.31. The summed E-state index contributed by atoms with van der Waals surface area (Å²) in [5.74, 6) is 0. The van der Waals surface area contributed by atoms with Crippen molar-refractivity contribution in [1.29, 1.82) is 0 Å².